The lowest BCUT2D eigenvalue weighted by atomic mass is 9.93. The van der Waals surface area contributed by atoms with Crippen molar-refractivity contribution < 1.29 is 0 Å². The summed E-state index contributed by atoms with van der Waals surface area (Å²) in [6.45, 7) is 10.2. The molecule has 0 radical (unpaired) electrons. The molecule has 2 heterocycles. The van der Waals surface area contributed by atoms with Crippen molar-refractivity contribution in [2.75, 3.05) is 19.6 Å². The summed E-state index contributed by atoms with van der Waals surface area (Å²) in [5.74, 6) is 1.45. The number of nitrogens with two attached hydrogens (primary N) is 1. The van der Waals surface area contributed by atoms with Gasteiger partial charge in [-0.25, -0.2) is 0 Å². The first kappa shape index (κ1) is 15.0. The Labute approximate surface area is 122 Å². The van der Waals surface area contributed by atoms with Gasteiger partial charge < -0.3 is 5.73 Å². The molecule has 2 N–H and O–H groups in total. The minimum absolute atomic E-state index is 0.590. The molecule has 0 saturated heterocycles. The molecule has 0 aliphatic carbocycles. The second kappa shape index (κ2) is 6.87. The van der Waals surface area contributed by atoms with Crippen LogP contribution < -0.4 is 5.73 Å². The molecule has 1 aliphatic heterocycles. The van der Waals surface area contributed by atoms with Crippen molar-refractivity contribution in [3.63, 3.8) is 0 Å². The number of rotatable bonds is 6. The number of nitrogens with zero attached hydrogens (tertiary/aromatic N) is 1. The minimum atomic E-state index is 0.590. The SMILES string of the molecule is CC(C)CC(CN)CCN1CCc2sccc2C1C. The molecular weight excluding hydrogens is 252 g/mol. The lowest BCUT2D eigenvalue weighted by molar-refractivity contribution is 0.182. The summed E-state index contributed by atoms with van der Waals surface area (Å²) < 4.78 is 0. The zero-order chi connectivity index (χ0) is 13.8. The average Bonchev–Trinajstić information content (AvgIpc) is 2.85. The van der Waals surface area contributed by atoms with Gasteiger partial charge in [-0.1, -0.05) is 13.8 Å². The van der Waals surface area contributed by atoms with E-state index >= 15 is 0 Å². The smallest absolute Gasteiger partial charge is 0.0331 e. The topological polar surface area (TPSA) is 29.3 Å². The van der Waals surface area contributed by atoms with E-state index in [1.165, 1.54) is 32.4 Å². The average molecular weight is 280 g/mol. The Morgan fingerprint density at radius 3 is 2.95 bits per heavy atom. The molecule has 1 aromatic rings. The number of hydrogen-bond donors (Lipinski definition) is 1. The van der Waals surface area contributed by atoms with E-state index in [-0.39, 0.29) is 0 Å². The Morgan fingerprint density at radius 2 is 2.26 bits per heavy atom. The third kappa shape index (κ3) is 3.80. The van der Waals surface area contributed by atoms with Crippen molar-refractivity contribution in [2.24, 2.45) is 17.6 Å². The molecule has 3 heteroatoms. The summed E-state index contributed by atoms with van der Waals surface area (Å²) in [4.78, 5) is 4.24. The maximum Gasteiger partial charge on any atom is 0.0331 e. The van der Waals surface area contributed by atoms with Gasteiger partial charge in [0.15, 0.2) is 0 Å². The zero-order valence-corrected chi connectivity index (χ0v) is 13.4. The second-order valence-electron chi connectivity index (χ2n) is 6.28. The molecule has 2 atom stereocenters. The molecular formula is C16H28N2S. The van der Waals surface area contributed by atoms with Gasteiger partial charge in [-0.05, 0) is 68.1 Å². The van der Waals surface area contributed by atoms with E-state index in [4.69, 9.17) is 5.73 Å². The molecule has 19 heavy (non-hydrogen) atoms. The van der Waals surface area contributed by atoms with Crippen LogP contribution in [0.1, 0.15) is 50.1 Å². The van der Waals surface area contributed by atoms with Gasteiger partial charge in [-0.3, -0.25) is 4.90 Å². The first-order valence-corrected chi connectivity index (χ1v) is 8.50. The van der Waals surface area contributed by atoms with E-state index in [1.54, 1.807) is 10.4 Å². The number of fused-ring (bicyclic) bond motifs is 1. The largest absolute Gasteiger partial charge is 0.330 e. The lowest BCUT2D eigenvalue weighted by Crippen LogP contribution is -2.35. The maximum absolute atomic E-state index is 5.91. The highest BCUT2D eigenvalue weighted by atomic mass is 32.1. The van der Waals surface area contributed by atoms with Crippen LogP contribution in [0.3, 0.4) is 0 Å². The molecule has 0 fully saturated rings. The normalized spacial score (nSPS) is 21.6. The van der Waals surface area contributed by atoms with Gasteiger partial charge in [0.25, 0.3) is 0 Å². The molecule has 1 aromatic heterocycles. The van der Waals surface area contributed by atoms with Gasteiger partial charge in [-0.15, -0.1) is 11.3 Å². The van der Waals surface area contributed by atoms with Crippen LogP contribution in [0.2, 0.25) is 0 Å². The highest BCUT2D eigenvalue weighted by molar-refractivity contribution is 7.10. The van der Waals surface area contributed by atoms with Gasteiger partial charge in [-0.2, -0.15) is 0 Å². The third-order valence-corrected chi connectivity index (χ3v) is 5.36. The van der Waals surface area contributed by atoms with Crippen LogP contribution in [0.25, 0.3) is 0 Å². The summed E-state index contributed by atoms with van der Waals surface area (Å²) in [7, 11) is 0. The van der Waals surface area contributed by atoms with Crippen LogP contribution in [0.5, 0.6) is 0 Å². The van der Waals surface area contributed by atoms with Crippen molar-refractivity contribution in [3.05, 3.63) is 21.9 Å². The predicted octanol–water partition coefficient (Wildman–Crippen LogP) is 3.68. The van der Waals surface area contributed by atoms with Gasteiger partial charge >= 0.3 is 0 Å². The third-order valence-electron chi connectivity index (χ3n) is 4.37. The highest BCUT2D eigenvalue weighted by Gasteiger charge is 2.24. The Hall–Kier alpha value is -0.380. The summed E-state index contributed by atoms with van der Waals surface area (Å²) in [6.07, 6.45) is 3.75. The van der Waals surface area contributed by atoms with Crippen molar-refractivity contribution in [3.8, 4) is 0 Å². The molecule has 0 saturated carbocycles. The molecule has 108 valence electrons. The van der Waals surface area contributed by atoms with E-state index in [9.17, 15) is 0 Å². The fourth-order valence-corrected chi connectivity index (χ4v) is 4.18. The fraction of sp³-hybridized carbons (Fsp3) is 0.750. The Kier molecular flexibility index (Phi) is 5.43. The molecule has 0 bridgehead atoms. The monoisotopic (exact) mass is 280 g/mol. The summed E-state index contributed by atoms with van der Waals surface area (Å²) in [6, 6.07) is 2.90. The molecule has 2 unspecified atom stereocenters. The van der Waals surface area contributed by atoms with Gasteiger partial charge in [0.2, 0.25) is 0 Å². The lowest BCUT2D eigenvalue weighted by Gasteiger charge is -2.34. The first-order valence-electron chi connectivity index (χ1n) is 7.62. The maximum atomic E-state index is 5.91. The van der Waals surface area contributed by atoms with Crippen LogP contribution >= 0.6 is 11.3 Å². The van der Waals surface area contributed by atoms with Crippen LogP contribution in [0.4, 0.5) is 0 Å². The van der Waals surface area contributed by atoms with Crippen LogP contribution in [0, 0.1) is 11.8 Å². The predicted molar refractivity (Wildman–Crippen MR) is 84.6 cm³/mol. The van der Waals surface area contributed by atoms with Gasteiger partial charge in [0, 0.05) is 17.5 Å². The van der Waals surface area contributed by atoms with E-state index in [1.807, 2.05) is 11.3 Å². The molecule has 0 spiro atoms. The van der Waals surface area contributed by atoms with Gasteiger partial charge in [0.1, 0.15) is 0 Å². The second-order valence-corrected chi connectivity index (χ2v) is 7.28. The summed E-state index contributed by atoms with van der Waals surface area (Å²) in [5.41, 5.74) is 7.47. The Morgan fingerprint density at radius 1 is 1.47 bits per heavy atom. The van der Waals surface area contributed by atoms with Crippen LogP contribution in [-0.2, 0) is 6.42 Å². The minimum Gasteiger partial charge on any atom is -0.330 e. The van der Waals surface area contributed by atoms with Crippen molar-refractivity contribution in [2.45, 2.75) is 46.1 Å². The van der Waals surface area contributed by atoms with Crippen molar-refractivity contribution in [1.82, 2.24) is 4.90 Å². The van der Waals surface area contributed by atoms with E-state index < -0.39 is 0 Å². The molecule has 0 amide bonds. The zero-order valence-electron chi connectivity index (χ0n) is 12.6. The molecule has 1 aliphatic rings. The van der Waals surface area contributed by atoms with Crippen molar-refractivity contribution in [1.29, 1.82) is 0 Å². The molecule has 2 nitrogen and oxygen atoms in total. The summed E-state index contributed by atoms with van der Waals surface area (Å²) >= 11 is 1.92. The Bertz CT molecular complexity index is 386. The quantitative estimate of drug-likeness (QED) is 0.861. The molecule has 2 rings (SSSR count). The number of thiophene rings is 1. The van der Waals surface area contributed by atoms with E-state index in [2.05, 4.69) is 37.1 Å². The van der Waals surface area contributed by atoms with E-state index in [0.29, 0.717) is 12.0 Å². The van der Waals surface area contributed by atoms with Crippen LogP contribution in [-0.4, -0.2) is 24.5 Å². The van der Waals surface area contributed by atoms with E-state index in [0.717, 1.165) is 12.5 Å². The van der Waals surface area contributed by atoms with Crippen molar-refractivity contribution >= 4 is 11.3 Å². The highest BCUT2D eigenvalue weighted by Crippen LogP contribution is 2.33. The van der Waals surface area contributed by atoms with Gasteiger partial charge in [0.05, 0.1) is 0 Å². The number of hydrogen-bond acceptors (Lipinski definition) is 3. The van der Waals surface area contributed by atoms with Crippen LogP contribution in [0.15, 0.2) is 11.4 Å². The summed E-state index contributed by atoms with van der Waals surface area (Å²) in [5, 5.41) is 2.24. The first-order chi connectivity index (χ1) is 9.11. The molecule has 0 aromatic carbocycles. The fourth-order valence-electron chi connectivity index (χ4n) is 3.21. The Balaban J connectivity index is 1.87. The standard InChI is InChI=1S/C16H28N2S/c1-12(2)10-14(11-17)4-7-18-8-5-16-15(13(18)3)6-9-19-16/h6,9,12-14H,4-5,7-8,10-11,17H2,1-3H3.